The fourth-order valence-electron chi connectivity index (χ4n) is 8.52. The summed E-state index contributed by atoms with van der Waals surface area (Å²) < 4.78 is 5.55. The Bertz CT molecular complexity index is 928. The van der Waals surface area contributed by atoms with Crippen molar-refractivity contribution < 1.29 is 24.1 Å². The van der Waals surface area contributed by atoms with Crippen LogP contribution >= 0.6 is 0 Å². The van der Waals surface area contributed by atoms with E-state index >= 15 is 0 Å². The van der Waals surface area contributed by atoms with Crippen LogP contribution in [0.4, 0.5) is 0 Å². The largest absolute Gasteiger partial charge is 0.462 e. The fourth-order valence-corrected chi connectivity index (χ4v) is 8.52. The van der Waals surface area contributed by atoms with E-state index < -0.39 is 5.97 Å². The Morgan fingerprint density at radius 3 is 2.53 bits per heavy atom. The molecule has 0 aliphatic heterocycles. The summed E-state index contributed by atoms with van der Waals surface area (Å²) in [5.74, 6) is 0.501. The second-order valence-corrected chi connectivity index (χ2v) is 11.6. The minimum Gasteiger partial charge on any atom is -0.462 e. The van der Waals surface area contributed by atoms with Gasteiger partial charge in [0.2, 0.25) is 6.54 Å². The van der Waals surface area contributed by atoms with Crippen LogP contribution in [0, 0.1) is 50.5 Å². The number of esters is 1. The van der Waals surface area contributed by atoms with Gasteiger partial charge >= 0.3 is 11.9 Å². The lowest BCUT2D eigenvalue weighted by Gasteiger charge is -2.58. The van der Waals surface area contributed by atoms with E-state index in [2.05, 4.69) is 25.1 Å². The lowest BCUT2D eigenvalue weighted by Crippen LogP contribution is -2.51. The molecule has 0 aromatic rings. The first-order chi connectivity index (χ1) is 16.0. The molecule has 0 amide bonds. The average Bonchev–Trinajstić information content (AvgIpc) is 3.03. The van der Waals surface area contributed by atoms with Crippen molar-refractivity contribution in [2.75, 3.05) is 6.54 Å². The molecule has 0 saturated heterocycles. The number of allylic oxidation sites excluding steroid dienone is 1. The van der Waals surface area contributed by atoms with Gasteiger partial charge < -0.3 is 9.57 Å². The van der Waals surface area contributed by atoms with Crippen LogP contribution in [0.1, 0.15) is 79.6 Å². The van der Waals surface area contributed by atoms with Gasteiger partial charge in [0.25, 0.3) is 0 Å². The molecule has 0 N–H and O–H groups in total. The summed E-state index contributed by atoms with van der Waals surface area (Å²) in [5, 5.41) is 15.7. The van der Waals surface area contributed by atoms with Crippen molar-refractivity contribution in [3.63, 3.8) is 0 Å². The first kappa shape index (κ1) is 24.9. The minimum absolute atomic E-state index is 0.0253. The Kier molecular flexibility index (Phi) is 6.64. The number of hydrogen-bond acceptors (Lipinski definition) is 7. The lowest BCUT2D eigenvalue weighted by atomic mass is 9.47. The Morgan fingerprint density at radius 1 is 1.15 bits per heavy atom. The van der Waals surface area contributed by atoms with Crippen LogP contribution < -0.4 is 0 Å². The summed E-state index contributed by atoms with van der Waals surface area (Å²) in [4.78, 5) is 39.2. The van der Waals surface area contributed by atoms with Crippen molar-refractivity contribution >= 4 is 17.7 Å². The molecule has 0 aromatic heterocycles. The maximum absolute atomic E-state index is 11.6. The molecule has 3 fully saturated rings. The molecule has 8 atom stereocenters. The highest BCUT2D eigenvalue weighted by atomic mass is 16.7. The van der Waals surface area contributed by atoms with Gasteiger partial charge in [-0.25, -0.2) is 4.79 Å². The number of nitro groups is 1. The summed E-state index contributed by atoms with van der Waals surface area (Å²) in [5.41, 5.74) is 2.12. The molecule has 0 heterocycles. The fraction of sp³-hybridized carbons (Fsp3) is 0.808. The van der Waals surface area contributed by atoms with Crippen molar-refractivity contribution in [3.8, 4) is 0 Å². The zero-order valence-electron chi connectivity index (χ0n) is 21.0. The van der Waals surface area contributed by atoms with Crippen LogP contribution in [0.25, 0.3) is 0 Å². The monoisotopic (exact) mass is 474 g/mol. The van der Waals surface area contributed by atoms with Crippen LogP contribution in [0.5, 0.6) is 0 Å². The molecule has 4 rings (SSSR count). The second-order valence-electron chi connectivity index (χ2n) is 11.6. The predicted octanol–water partition coefficient (Wildman–Crippen LogP) is 4.94. The maximum Gasteiger partial charge on any atom is 0.331 e. The van der Waals surface area contributed by atoms with E-state index in [1.807, 2.05) is 6.92 Å². The van der Waals surface area contributed by atoms with Gasteiger partial charge in [-0.3, -0.25) is 14.9 Å². The van der Waals surface area contributed by atoms with Gasteiger partial charge in [0, 0.05) is 37.0 Å². The number of hydrogen-bond donors (Lipinski definition) is 0. The highest BCUT2D eigenvalue weighted by Crippen LogP contribution is 2.67. The van der Waals surface area contributed by atoms with Gasteiger partial charge in [0.1, 0.15) is 6.10 Å². The summed E-state index contributed by atoms with van der Waals surface area (Å²) in [6.07, 6.45) is 8.93. The number of nitrogens with zero attached hydrogens (tertiary/aromatic N) is 2. The number of rotatable bonds is 5. The molecule has 4 aliphatic rings. The molecule has 0 bridgehead atoms. The first-order valence-electron chi connectivity index (χ1n) is 12.7. The van der Waals surface area contributed by atoms with Gasteiger partial charge in [-0.15, -0.1) is 0 Å². The molecule has 8 heteroatoms. The number of fused-ring (bicyclic) bond motifs is 5. The van der Waals surface area contributed by atoms with Crippen LogP contribution in [0.2, 0.25) is 0 Å². The molecule has 0 aromatic carbocycles. The summed E-state index contributed by atoms with van der Waals surface area (Å²) in [7, 11) is 0. The summed E-state index contributed by atoms with van der Waals surface area (Å²) >= 11 is 0. The SMILES string of the molecule is CC(=O)ON=C(C)[C@@H]1[C@@H](C[N+](=O)[O-])C[C@@H]2[C@H]3CC=C4C[C@@H](OC(C)=O)CC[C@]4(C)[C@@H]3CC[C@]21C. The van der Waals surface area contributed by atoms with E-state index in [1.165, 1.54) is 19.4 Å². The van der Waals surface area contributed by atoms with Crippen LogP contribution in [-0.2, 0) is 19.2 Å². The molecular formula is C26H38N2O6. The highest BCUT2D eigenvalue weighted by molar-refractivity contribution is 5.86. The van der Waals surface area contributed by atoms with E-state index in [4.69, 9.17) is 9.57 Å². The minimum atomic E-state index is -0.476. The number of carbonyl (C=O) groups is 2. The number of carbonyl (C=O) groups excluding carboxylic acids is 2. The van der Waals surface area contributed by atoms with Gasteiger partial charge in [-0.2, -0.15) is 0 Å². The Morgan fingerprint density at radius 2 is 1.88 bits per heavy atom. The zero-order chi connectivity index (χ0) is 24.8. The topological polar surface area (TPSA) is 108 Å². The van der Waals surface area contributed by atoms with Gasteiger partial charge in [-0.1, -0.05) is 30.7 Å². The molecule has 3 saturated carbocycles. The summed E-state index contributed by atoms with van der Waals surface area (Å²) in [6.45, 7) is 9.24. The van der Waals surface area contributed by atoms with Gasteiger partial charge in [-0.05, 0) is 74.0 Å². The van der Waals surface area contributed by atoms with Crippen LogP contribution in [0.15, 0.2) is 16.8 Å². The molecule has 188 valence electrons. The highest BCUT2D eigenvalue weighted by Gasteiger charge is 2.62. The van der Waals surface area contributed by atoms with Crippen LogP contribution in [-0.4, -0.2) is 35.2 Å². The van der Waals surface area contributed by atoms with Crippen molar-refractivity contribution in [1.82, 2.24) is 0 Å². The Hall–Kier alpha value is -2.25. The Labute approximate surface area is 201 Å². The van der Waals surface area contributed by atoms with Crippen molar-refractivity contribution in [2.45, 2.75) is 85.7 Å². The molecule has 0 radical (unpaired) electrons. The quantitative estimate of drug-likeness (QED) is 0.139. The van der Waals surface area contributed by atoms with Crippen LogP contribution in [0.3, 0.4) is 0 Å². The third-order valence-corrected chi connectivity index (χ3v) is 9.72. The number of oxime groups is 1. The molecule has 34 heavy (non-hydrogen) atoms. The van der Waals surface area contributed by atoms with E-state index in [1.54, 1.807) is 0 Å². The van der Waals surface area contributed by atoms with Gasteiger partial charge in [0.15, 0.2) is 0 Å². The average molecular weight is 475 g/mol. The molecule has 8 nitrogen and oxygen atoms in total. The zero-order valence-corrected chi connectivity index (χ0v) is 21.0. The molecule has 0 spiro atoms. The van der Waals surface area contributed by atoms with Gasteiger partial charge in [0.05, 0.1) is 5.71 Å². The normalized spacial score (nSPS) is 41.4. The second kappa shape index (κ2) is 9.08. The van der Waals surface area contributed by atoms with E-state index in [0.717, 1.165) is 44.9 Å². The van der Waals surface area contributed by atoms with E-state index in [0.29, 0.717) is 23.5 Å². The molecular weight excluding hydrogens is 436 g/mol. The standard InChI is InChI=1S/C26H38N2O6/c1-15(27-34-17(3)30)24-18(14-28(31)32)12-23-21-7-6-19-13-20(33-16(2)29)8-10-25(19,4)22(21)9-11-26(23,24)5/h6,18,20-24H,7-14H2,1-5H3/t18-,20+,21+,22-,23-,24-,25+,26-/m1/s1. The third kappa shape index (κ3) is 4.29. The maximum atomic E-state index is 11.6. The first-order valence-corrected chi connectivity index (χ1v) is 12.7. The lowest BCUT2D eigenvalue weighted by molar-refractivity contribution is -0.489. The molecule has 4 aliphatic carbocycles. The number of ether oxygens (including phenoxy) is 1. The summed E-state index contributed by atoms with van der Waals surface area (Å²) in [6, 6.07) is 0. The Balaban J connectivity index is 1.63. The van der Waals surface area contributed by atoms with E-state index in [9.17, 15) is 19.7 Å². The third-order valence-electron chi connectivity index (χ3n) is 9.72. The van der Waals surface area contributed by atoms with Crippen molar-refractivity contribution in [1.29, 1.82) is 0 Å². The smallest absolute Gasteiger partial charge is 0.331 e. The van der Waals surface area contributed by atoms with Crippen molar-refractivity contribution in [2.24, 2.45) is 45.6 Å². The predicted molar refractivity (Wildman–Crippen MR) is 126 cm³/mol. The van der Waals surface area contributed by atoms with E-state index in [-0.39, 0.29) is 46.2 Å². The van der Waals surface area contributed by atoms with Crippen molar-refractivity contribution in [3.05, 3.63) is 21.8 Å². The molecule has 0 unspecified atom stereocenters.